The fourth-order valence-electron chi connectivity index (χ4n) is 2.41. The summed E-state index contributed by atoms with van der Waals surface area (Å²) in [5.74, 6) is 0.853. The Bertz CT molecular complexity index is 830. The van der Waals surface area contributed by atoms with Crippen molar-refractivity contribution in [2.45, 2.75) is 13.0 Å². The molecule has 156 valence electrons. The molecule has 2 aromatic carbocycles. The third-order valence-corrected chi connectivity index (χ3v) is 3.78. The van der Waals surface area contributed by atoms with Crippen LogP contribution in [0.5, 0.6) is 17.2 Å². The van der Waals surface area contributed by atoms with E-state index < -0.39 is 6.61 Å². The van der Waals surface area contributed by atoms with E-state index in [0.29, 0.717) is 30.0 Å². The van der Waals surface area contributed by atoms with E-state index >= 15 is 0 Å². The highest BCUT2D eigenvalue weighted by Crippen LogP contribution is 2.27. The highest BCUT2D eigenvalue weighted by Gasteiger charge is 2.08. The van der Waals surface area contributed by atoms with Gasteiger partial charge in [-0.3, -0.25) is 4.79 Å². The summed E-state index contributed by atoms with van der Waals surface area (Å²) in [6.45, 7) is -2.85. The summed E-state index contributed by atoms with van der Waals surface area (Å²) in [7, 11) is 3.12. The summed E-state index contributed by atoms with van der Waals surface area (Å²) in [4.78, 5) is 16.7. The van der Waals surface area contributed by atoms with Crippen molar-refractivity contribution in [3.8, 4) is 17.2 Å². The number of oxime groups is 1. The van der Waals surface area contributed by atoms with Gasteiger partial charge in [-0.2, -0.15) is 8.78 Å². The molecule has 0 atom stereocenters. The lowest BCUT2D eigenvalue weighted by Crippen LogP contribution is -2.28. The Hall–Kier alpha value is -3.36. The topological polar surface area (TPSA) is 78.4 Å². The van der Waals surface area contributed by atoms with Crippen LogP contribution in [0.3, 0.4) is 0 Å². The van der Waals surface area contributed by atoms with Gasteiger partial charge in [-0.05, 0) is 36.2 Å². The van der Waals surface area contributed by atoms with Gasteiger partial charge in [-0.15, -0.1) is 0 Å². The predicted molar refractivity (Wildman–Crippen MR) is 103 cm³/mol. The van der Waals surface area contributed by atoms with Crippen LogP contribution in [0.2, 0.25) is 0 Å². The summed E-state index contributed by atoms with van der Waals surface area (Å²) >= 11 is 0. The molecule has 0 unspecified atom stereocenters. The molecule has 0 spiro atoms. The Morgan fingerprint density at radius 2 is 1.86 bits per heavy atom. The van der Waals surface area contributed by atoms with Gasteiger partial charge >= 0.3 is 6.61 Å². The number of hydrogen-bond acceptors (Lipinski definition) is 6. The molecule has 0 aromatic heterocycles. The number of carbonyl (C=O) groups excluding carboxylic acids is 1. The van der Waals surface area contributed by atoms with Gasteiger partial charge in [0.05, 0.1) is 20.4 Å². The molecule has 0 heterocycles. The Morgan fingerprint density at radius 1 is 1.10 bits per heavy atom. The SMILES string of the molecule is COc1ccc(CCNC(=O)CO/N=C/c2ccccc2OC(F)F)cc1OC. The maximum Gasteiger partial charge on any atom is 0.387 e. The van der Waals surface area contributed by atoms with Crippen LogP contribution in [0.25, 0.3) is 0 Å². The van der Waals surface area contributed by atoms with Crippen LogP contribution in [0.4, 0.5) is 8.78 Å². The molecule has 0 fully saturated rings. The molecule has 0 bridgehead atoms. The number of rotatable bonds is 11. The highest BCUT2D eigenvalue weighted by atomic mass is 19.3. The van der Waals surface area contributed by atoms with Crippen LogP contribution in [-0.2, 0) is 16.1 Å². The summed E-state index contributed by atoms with van der Waals surface area (Å²) in [5, 5.41) is 6.32. The number of alkyl halides is 2. The Morgan fingerprint density at radius 3 is 2.59 bits per heavy atom. The van der Waals surface area contributed by atoms with Crippen molar-refractivity contribution in [2.24, 2.45) is 5.16 Å². The summed E-state index contributed by atoms with van der Waals surface area (Å²) in [6, 6.07) is 11.6. The number of ether oxygens (including phenoxy) is 3. The van der Waals surface area contributed by atoms with Gasteiger partial charge in [0.1, 0.15) is 5.75 Å². The molecule has 29 heavy (non-hydrogen) atoms. The quantitative estimate of drug-likeness (QED) is 0.457. The van der Waals surface area contributed by atoms with Crippen LogP contribution < -0.4 is 19.5 Å². The van der Waals surface area contributed by atoms with Gasteiger partial charge in [-0.25, -0.2) is 0 Å². The second-order valence-electron chi connectivity index (χ2n) is 5.71. The van der Waals surface area contributed by atoms with E-state index in [1.807, 2.05) is 12.1 Å². The third kappa shape index (κ3) is 7.28. The third-order valence-electron chi connectivity index (χ3n) is 3.78. The van der Waals surface area contributed by atoms with Gasteiger partial charge in [0.2, 0.25) is 0 Å². The van der Waals surface area contributed by atoms with Crippen molar-refractivity contribution in [1.82, 2.24) is 5.32 Å². The van der Waals surface area contributed by atoms with Crippen molar-refractivity contribution in [3.63, 3.8) is 0 Å². The molecule has 0 aliphatic rings. The van der Waals surface area contributed by atoms with E-state index in [-0.39, 0.29) is 18.3 Å². The molecule has 9 heteroatoms. The number of carbonyl (C=O) groups is 1. The lowest BCUT2D eigenvalue weighted by Gasteiger charge is -2.10. The molecule has 0 aliphatic heterocycles. The van der Waals surface area contributed by atoms with Crippen molar-refractivity contribution < 1.29 is 32.6 Å². The number of benzene rings is 2. The predicted octanol–water partition coefficient (Wildman–Crippen LogP) is 3.01. The van der Waals surface area contributed by atoms with Crippen molar-refractivity contribution in [3.05, 3.63) is 53.6 Å². The molecule has 0 saturated carbocycles. The monoisotopic (exact) mass is 408 g/mol. The average molecular weight is 408 g/mol. The van der Waals surface area contributed by atoms with Gasteiger partial charge in [-0.1, -0.05) is 23.4 Å². The minimum absolute atomic E-state index is 0.0331. The number of nitrogens with zero attached hydrogens (tertiary/aromatic N) is 1. The Balaban J connectivity index is 1.75. The number of amides is 1. The van der Waals surface area contributed by atoms with Crippen molar-refractivity contribution in [2.75, 3.05) is 27.4 Å². The normalized spacial score (nSPS) is 10.8. The van der Waals surface area contributed by atoms with Gasteiger partial charge in [0.25, 0.3) is 5.91 Å². The Kier molecular flexibility index (Phi) is 8.68. The van der Waals surface area contributed by atoms with Crippen LogP contribution >= 0.6 is 0 Å². The molecule has 7 nitrogen and oxygen atoms in total. The zero-order valence-corrected chi connectivity index (χ0v) is 16.1. The summed E-state index contributed by atoms with van der Waals surface area (Å²) < 4.78 is 39.5. The average Bonchev–Trinajstić information content (AvgIpc) is 2.71. The van der Waals surface area contributed by atoms with E-state index in [4.69, 9.17) is 14.3 Å². The highest BCUT2D eigenvalue weighted by molar-refractivity contribution is 5.83. The summed E-state index contributed by atoms with van der Waals surface area (Å²) in [6.07, 6.45) is 1.79. The first-order valence-corrected chi connectivity index (χ1v) is 8.70. The first-order valence-electron chi connectivity index (χ1n) is 8.70. The lowest BCUT2D eigenvalue weighted by molar-refractivity contribution is -0.125. The van der Waals surface area contributed by atoms with Gasteiger partial charge in [0.15, 0.2) is 18.1 Å². The zero-order valence-electron chi connectivity index (χ0n) is 16.1. The molecule has 1 N–H and O–H groups in total. The Labute approximate surface area is 167 Å². The molecule has 1 amide bonds. The number of para-hydroxylation sites is 1. The molecule has 0 radical (unpaired) electrons. The maximum atomic E-state index is 12.4. The van der Waals surface area contributed by atoms with E-state index in [0.717, 1.165) is 5.56 Å². The molecule has 2 rings (SSSR count). The zero-order chi connectivity index (χ0) is 21.1. The molecular weight excluding hydrogens is 386 g/mol. The molecule has 0 aliphatic carbocycles. The standard InChI is InChI=1S/C20H22F2N2O5/c1-26-17-8-7-14(11-18(17)27-2)9-10-23-19(25)13-28-24-12-15-5-3-4-6-16(15)29-20(21)22/h3-8,11-12,20H,9-10,13H2,1-2H3,(H,23,25)/b24-12+. The number of halogens is 2. The van der Waals surface area contributed by atoms with Gasteiger partial charge < -0.3 is 24.4 Å². The van der Waals surface area contributed by atoms with Crippen LogP contribution in [0, 0.1) is 0 Å². The largest absolute Gasteiger partial charge is 0.493 e. The minimum Gasteiger partial charge on any atom is -0.493 e. The number of methoxy groups -OCH3 is 2. The van der Waals surface area contributed by atoms with E-state index in [1.54, 1.807) is 32.4 Å². The van der Waals surface area contributed by atoms with E-state index in [9.17, 15) is 13.6 Å². The van der Waals surface area contributed by atoms with E-state index in [2.05, 4.69) is 15.2 Å². The molecule has 0 saturated heterocycles. The number of hydrogen-bond donors (Lipinski definition) is 1. The van der Waals surface area contributed by atoms with Crippen LogP contribution in [0.1, 0.15) is 11.1 Å². The lowest BCUT2D eigenvalue weighted by atomic mass is 10.1. The first-order chi connectivity index (χ1) is 14.0. The molecule has 2 aromatic rings. The smallest absolute Gasteiger partial charge is 0.387 e. The number of nitrogens with one attached hydrogen (secondary N) is 1. The van der Waals surface area contributed by atoms with Crippen molar-refractivity contribution in [1.29, 1.82) is 0 Å². The van der Waals surface area contributed by atoms with Crippen LogP contribution in [-0.4, -0.2) is 46.1 Å². The maximum absolute atomic E-state index is 12.4. The summed E-state index contributed by atoms with van der Waals surface area (Å²) in [5.41, 5.74) is 1.28. The second-order valence-corrected chi connectivity index (χ2v) is 5.71. The first kappa shape index (κ1) is 21.9. The fraction of sp³-hybridized carbons (Fsp3) is 0.300. The van der Waals surface area contributed by atoms with Crippen LogP contribution in [0.15, 0.2) is 47.6 Å². The van der Waals surface area contributed by atoms with E-state index in [1.165, 1.54) is 18.3 Å². The second kappa shape index (κ2) is 11.5. The molecular formula is C20H22F2N2O5. The van der Waals surface area contributed by atoms with Gasteiger partial charge in [0, 0.05) is 12.1 Å². The fourth-order valence-corrected chi connectivity index (χ4v) is 2.41. The minimum atomic E-state index is -2.94. The van der Waals surface area contributed by atoms with Crippen molar-refractivity contribution >= 4 is 12.1 Å².